The first-order chi connectivity index (χ1) is 16.7. The maximum atomic E-state index is 6.55. The van der Waals surface area contributed by atoms with E-state index < -0.39 is 0 Å². The van der Waals surface area contributed by atoms with Crippen molar-refractivity contribution < 1.29 is 4.74 Å². The molecule has 0 amide bonds. The highest BCUT2D eigenvalue weighted by molar-refractivity contribution is 7.22. The van der Waals surface area contributed by atoms with Crippen molar-refractivity contribution in [1.29, 1.82) is 0 Å². The fourth-order valence-corrected chi connectivity index (χ4v) is 7.11. The molecule has 2 saturated carbocycles. The lowest BCUT2D eigenvalue weighted by atomic mass is 10.1. The summed E-state index contributed by atoms with van der Waals surface area (Å²) in [4.78, 5) is 7.37. The molecule has 3 aliphatic rings. The summed E-state index contributed by atoms with van der Waals surface area (Å²) in [5.41, 5.74) is 3.54. The third-order valence-corrected chi connectivity index (χ3v) is 9.03. The van der Waals surface area contributed by atoms with Gasteiger partial charge in [0.15, 0.2) is 5.13 Å². The molecular formula is C25H23Cl2N5OS. The summed E-state index contributed by atoms with van der Waals surface area (Å²) in [6.07, 6.45) is 4.65. The third kappa shape index (κ3) is 3.52. The molecule has 2 bridgehead atoms. The molecule has 7 rings (SSSR count). The third-order valence-electron chi connectivity index (χ3n) is 7.32. The molecule has 34 heavy (non-hydrogen) atoms. The number of thiazole rings is 1. The summed E-state index contributed by atoms with van der Waals surface area (Å²) in [6.45, 7) is 1.47. The molecule has 3 fully saturated rings. The smallest absolute Gasteiger partial charge is 0.186 e. The van der Waals surface area contributed by atoms with E-state index in [0.29, 0.717) is 34.7 Å². The largest absolute Gasteiger partial charge is 0.371 e. The average molecular weight is 512 g/mol. The second kappa shape index (κ2) is 8.19. The van der Waals surface area contributed by atoms with Crippen molar-refractivity contribution in [2.45, 2.75) is 50.5 Å². The summed E-state index contributed by atoms with van der Waals surface area (Å²) < 4.78 is 9.83. The number of piperidine rings is 1. The number of ether oxygens (including phenoxy) is 1. The molecule has 2 aromatic carbocycles. The maximum absolute atomic E-state index is 6.55. The van der Waals surface area contributed by atoms with Crippen LogP contribution in [0.15, 0.2) is 42.5 Å². The van der Waals surface area contributed by atoms with Gasteiger partial charge in [0.25, 0.3) is 0 Å². The number of hydrogen-bond acceptors (Lipinski definition) is 6. The maximum Gasteiger partial charge on any atom is 0.186 e. The van der Waals surface area contributed by atoms with Crippen LogP contribution in [0.25, 0.3) is 21.5 Å². The number of aromatic nitrogens is 4. The van der Waals surface area contributed by atoms with Crippen LogP contribution in [0.3, 0.4) is 0 Å². The van der Waals surface area contributed by atoms with Gasteiger partial charge in [-0.3, -0.25) is 0 Å². The zero-order valence-electron chi connectivity index (χ0n) is 18.4. The fraction of sp³-hybridized carbons (Fsp3) is 0.400. The van der Waals surface area contributed by atoms with Gasteiger partial charge in [-0.05, 0) is 49.9 Å². The molecule has 0 unspecified atom stereocenters. The van der Waals surface area contributed by atoms with Crippen molar-refractivity contribution in [3.63, 3.8) is 0 Å². The van der Waals surface area contributed by atoms with Crippen molar-refractivity contribution in [3.8, 4) is 11.3 Å². The lowest BCUT2D eigenvalue weighted by Crippen LogP contribution is -2.38. The van der Waals surface area contributed by atoms with Crippen LogP contribution in [-0.2, 0) is 11.3 Å². The Kier molecular flexibility index (Phi) is 5.09. The van der Waals surface area contributed by atoms with E-state index in [-0.39, 0.29) is 6.10 Å². The van der Waals surface area contributed by atoms with Gasteiger partial charge in [-0.15, -0.1) is 5.10 Å². The highest BCUT2D eigenvalue weighted by Crippen LogP contribution is 2.45. The van der Waals surface area contributed by atoms with Gasteiger partial charge in [0.1, 0.15) is 5.69 Å². The van der Waals surface area contributed by atoms with Crippen LogP contribution in [0, 0.1) is 5.92 Å². The first kappa shape index (κ1) is 21.1. The van der Waals surface area contributed by atoms with E-state index in [1.54, 1.807) is 11.3 Å². The zero-order chi connectivity index (χ0) is 22.8. The molecule has 3 atom stereocenters. The molecule has 2 aliphatic carbocycles. The average Bonchev–Trinajstić information content (AvgIpc) is 3.17. The Morgan fingerprint density at radius 1 is 1.00 bits per heavy atom. The number of hydrogen-bond donors (Lipinski definition) is 0. The minimum absolute atomic E-state index is 0.229. The van der Waals surface area contributed by atoms with Crippen molar-refractivity contribution in [2.75, 3.05) is 11.4 Å². The first-order valence-corrected chi connectivity index (χ1v) is 13.3. The van der Waals surface area contributed by atoms with Crippen LogP contribution in [0.5, 0.6) is 0 Å². The number of benzene rings is 2. The lowest BCUT2D eigenvalue weighted by molar-refractivity contribution is 0.00958. The van der Waals surface area contributed by atoms with Crippen LogP contribution in [0.2, 0.25) is 10.0 Å². The van der Waals surface area contributed by atoms with Gasteiger partial charge < -0.3 is 9.64 Å². The topological polar surface area (TPSA) is 56.1 Å². The Labute approximate surface area is 211 Å². The van der Waals surface area contributed by atoms with E-state index in [1.165, 1.54) is 4.70 Å². The van der Waals surface area contributed by atoms with Gasteiger partial charge in [0, 0.05) is 24.1 Å². The normalized spacial score (nSPS) is 23.9. The summed E-state index contributed by atoms with van der Waals surface area (Å²) in [6, 6.07) is 14.8. The second-order valence-corrected chi connectivity index (χ2v) is 11.3. The predicted octanol–water partition coefficient (Wildman–Crippen LogP) is 6.38. The molecule has 6 nitrogen and oxygen atoms in total. The molecule has 1 saturated heterocycles. The van der Waals surface area contributed by atoms with Gasteiger partial charge in [0.2, 0.25) is 0 Å². The molecule has 2 aromatic heterocycles. The van der Waals surface area contributed by atoms with E-state index in [9.17, 15) is 0 Å². The number of fused-ring (bicyclic) bond motifs is 3. The summed E-state index contributed by atoms with van der Waals surface area (Å²) in [5.74, 6) is 0.509. The standard InChI is InChI=1S/C25H23Cl2N5OS/c26-17-4-3-5-18(27)23(17)24-20(32(30-29-24)15-8-9-15)13-33-21-11-16-10-14(21)12-31(16)25-28-19-6-1-2-7-22(19)34-25/h1-7,14-16,21H,8-13H2/t14-,16-,21+/m0/s1. The van der Waals surface area contributed by atoms with Crippen LogP contribution in [0.4, 0.5) is 5.13 Å². The summed E-state index contributed by atoms with van der Waals surface area (Å²) in [7, 11) is 0. The number of para-hydroxylation sites is 1. The molecule has 3 heterocycles. The molecule has 174 valence electrons. The molecule has 0 radical (unpaired) electrons. The molecule has 4 aromatic rings. The van der Waals surface area contributed by atoms with Gasteiger partial charge >= 0.3 is 0 Å². The highest BCUT2D eigenvalue weighted by atomic mass is 35.5. The van der Waals surface area contributed by atoms with Gasteiger partial charge in [-0.2, -0.15) is 0 Å². The van der Waals surface area contributed by atoms with E-state index in [1.807, 2.05) is 22.9 Å². The van der Waals surface area contributed by atoms with Gasteiger partial charge in [0.05, 0.1) is 44.7 Å². The SMILES string of the molecule is Clc1cccc(Cl)c1-c1nnn(C2CC2)c1CO[C@@H]1C[C@@H]2C[C@H]1CN2c1nc2ccccc2s1. The number of anilines is 1. The van der Waals surface area contributed by atoms with Crippen LogP contribution >= 0.6 is 34.5 Å². The summed E-state index contributed by atoms with van der Waals surface area (Å²) in [5, 5.41) is 11.3. The van der Waals surface area contributed by atoms with Crippen LogP contribution in [-0.4, -0.2) is 38.7 Å². The highest BCUT2D eigenvalue weighted by Gasteiger charge is 2.46. The number of nitrogens with zero attached hydrogens (tertiary/aromatic N) is 5. The number of halogens is 2. The van der Waals surface area contributed by atoms with Crippen molar-refractivity contribution in [3.05, 3.63) is 58.2 Å². The lowest BCUT2D eigenvalue weighted by Gasteiger charge is -2.31. The molecule has 9 heteroatoms. The monoisotopic (exact) mass is 511 g/mol. The van der Waals surface area contributed by atoms with E-state index in [2.05, 4.69) is 39.5 Å². The second-order valence-electron chi connectivity index (χ2n) is 9.51. The fourth-order valence-electron chi connectivity index (χ4n) is 5.49. The quantitative estimate of drug-likeness (QED) is 0.300. The zero-order valence-corrected chi connectivity index (χ0v) is 20.7. The van der Waals surface area contributed by atoms with Gasteiger partial charge in [-0.1, -0.05) is 58.0 Å². The Bertz CT molecular complexity index is 1330. The Balaban J connectivity index is 1.10. The van der Waals surface area contributed by atoms with E-state index >= 15 is 0 Å². The minimum atomic E-state index is 0.229. The Morgan fingerprint density at radius 3 is 2.56 bits per heavy atom. The summed E-state index contributed by atoms with van der Waals surface area (Å²) >= 11 is 14.8. The molecule has 0 N–H and O–H groups in total. The van der Waals surface area contributed by atoms with Crippen molar-refractivity contribution in [2.24, 2.45) is 5.92 Å². The van der Waals surface area contributed by atoms with E-state index in [4.69, 9.17) is 32.9 Å². The van der Waals surface area contributed by atoms with Crippen LogP contribution < -0.4 is 4.90 Å². The van der Waals surface area contributed by atoms with Crippen molar-refractivity contribution in [1.82, 2.24) is 20.0 Å². The Morgan fingerprint density at radius 2 is 1.82 bits per heavy atom. The molecular weight excluding hydrogens is 489 g/mol. The predicted molar refractivity (Wildman–Crippen MR) is 136 cm³/mol. The van der Waals surface area contributed by atoms with Gasteiger partial charge in [-0.25, -0.2) is 9.67 Å². The van der Waals surface area contributed by atoms with Crippen molar-refractivity contribution >= 4 is 49.9 Å². The molecule has 0 spiro atoms. The minimum Gasteiger partial charge on any atom is -0.371 e. The first-order valence-electron chi connectivity index (χ1n) is 11.8. The van der Waals surface area contributed by atoms with E-state index in [0.717, 1.165) is 59.8 Å². The van der Waals surface area contributed by atoms with Crippen LogP contribution in [0.1, 0.15) is 37.4 Å². The molecule has 1 aliphatic heterocycles. The Hall–Kier alpha value is -2.19. The number of rotatable bonds is 6.